The van der Waals surface area contributed by atoms with Gasteiger partial charge < -0.3 is 0 Å². The number of aromatic nitrogens is 3. The minimum Gasteiger partial charge on any atom is -0.264 e. The third-order valence-electron chi connectivity index (χ3n) is 12.4. The Bertz CT molecular complexity index is 2770. The molecule has 0 radical (unpaired) electrons. The monoisotopic (exact) mass is 723 g/mol. The molecule has 10 rings (SSSR count). The molecule has 2 aliphatic rings. The molecule has 3 nitrogen and oxygen atoms in total. The first kappa shape index (κ1) is 34.3. The van der Waals surface area contributed by atoms with E-state index in [1.165, 1.54) is 50.2 Å². The molecule has 0 spiro atoms. The average molecular weight is 724 g/mol. The first-order valence-electron chi connectivity index (χ1n) is 20.3. The van der Waals surface area contributed by atoms with Crippen molar-refractivity contribution in [3.63, 3.8) is 0 Å². The van der Waals surface area contributed by atoms with Crippen molar-refractivity contribution < 1.29 is 0 Å². The number of nitrogens with zero attached hydrogens (tertiary/aromatic N) is 3. The number of benzene rings is 6. The smallest absolute Gasteiger partial charge is 0.132 e. The molecule has 0 aliphatic heterocycles. The second kappa shape index (κ2) is 14.5. The molecule has 2 heterocycles. The van der Waals surface area contributed by atoms with Crippen LogP contribution in [0.1, 0.15) is 84.9 Å². The van der Waals surface area contributed by atoms with Crippen molar-refractivity contribution in [3.8, 4) is 44.8 Å². The van der Waals surface area contributed by atoms with Gasteiger partial charge in [0.15, 0.2) is 0 Å². The van der Waals surface area contributed by atoms with Gasteiger partial charge in [-0.2, -0.15) is 0 Å². The Balaban J connectivity index is 1.12. The number of aryl methyl sites for hydroxylation is 1. The summed E-state index contributed by atoms with van der Waals surface area (Å²) in [6.07, 6.45) is 14.1. The van der Waals surface area contributed by atoms with Crippen LogP contribution in [0.25, 0.3) is 72.4 Å². The summed E-state index contributed by atoms with van der Waals surface area (Å²) in [6.45, 7) is 4.76. The van der Waals surface area contributed by atoms with E-state index in [1.807, 2.05) is 18.5 Å². The van der Waals surface area contributed by atoms with Crippen molar-refractivity contribution in [3.05, 3.63) is 180 Å². The topological polar surface area (TPSA) is 38.7 Å². The zero-order valence-electron chi connectivity index (χ0n) is 32.1. The summed E-state index contributed by atoms with van der Waals surface area (Å²) >= 11 is 0. The lowest BCUT2D eigenvalue weighted by Crippen LogP contribution is -2.19. The predicted molar refractivity (Wildman–Crippen MR) is 234 cm³/mol. The number of pyridine rings is 1. The summed E-state index contributed by atoms with van der Waals surface area (Å²) < 4.78 is 0. The lowest BCUT2D eigenvalue weighted by molar-refractivity contribution is 0.382. The van der Waals surface area contributed by atoms with E-state index < -0.39 is 0 Å². The fraction of sp³-hybridized carbons (Fsp3) is 0.189. The zero-order valence-corrected chi connectivity index (χ0v) is 32.1. The molecule has 1 saturated carbocycles. The Labute approximate surface area is 329 Å². The summed E-state index contributed by atoms with van der Waals surface area (Å²) in [5.41, 5.74) is 15.0. The van der Waals surface area contributed by atoms with Crippen LogP contribution in [0.3, 0.4) is 0 Å². The zero-order chi connectivity index (χ0) is 37.6. The molecule has 1 fully saturated rings. The van der Waals surface area contributed by atoms with Gasteiger partial charge in [-0.1, -0.05) is 135 Å². The molecule has 3 atom stereocenters. The van der Waals surface area contributed by atoms with Gasteiger partial charge in [0.25, 0.3) is 0 Å². The number of fused-ring (bicyclic) bond motifs is 3. The summed E-state index contributed by atoms with van der Waals surface area (Å²) in [5.74, 6) is 2.07. The van der Waals surface area contributed by atoms with Crippen LogP contribution in [0.15, 0.2) is 152 Å². The summed E-state index contributed by atoms with van der Waals surface area (Å²) in [7, 11) is 0. The van der Waals surface area contributed by atoms with E-state index in [0.29, 0.717) is 11.8 Å². The number of allylic oxidation sites excluding steroid dienone is 1. The van der Waals surface area contributed by atoms with Crippen LogP contribution < -0.4 is 0 Å². The highest BCUT2D eigenvalue weighted by Crippen LogP contribution is 2.51. The maximum absolute atomic E-state index is 5.48. The molecular formula is C53H45N3. The minimum absolute atomic E-state index is 0.243. The van der Waals surface area contributed by atoms with Crippen LogP contribution in [0.5, 0.6) is 0 Å². The molecule has 2 aromatic heterocycles. The largest absolute Gasteiger partial charge is 0.264 e. The van der Waals surface area contributed by atoms with Crippen molar-refractivity contribution in [2.24, 2.45) is 0 Å². The summed E-state index contributed by atoms with van der Waals surface area (Å²) in [4.78, 5) is 15.3. The lowest BCUT2D eigenvalue weighted by Gasteiger charge is -2.35. The third kappa shape index (κ3) is 6.22. The second-order valence-electron chi connectivity index (χ2n) is 16.0. The summed E-state index contributed by atoms with van der Waals surface area (Å²) in [6, 6.07) is 48.3. The maximum Gasteiger partial charge on any atom is 0.132 e. The van der Waals surface area contributed by atoms with Gasteiger partial charge in [0.1, 0.15) is 5.82 Å². The molecule has 2 aliphatic carbocycles. The first-order chi connectivity index (χ1) is 27.6. The molecule has 0 bridgehead atoms. The van der Waals surface area contributed by atoms with Crippen LogP contribution in [-0.2, 0) is 0 Å². The molecule has 6 aromatic carbocycles. The average Bonchev–Trinajstić information content (AvgIpc) is 3.26. The van der Waals surface area contributed by atoms with Crippen molar-refractivity contribution in [2.75, 3.05) is 0 Å². The van der Waals surface area contributed by atoms with Gasteiger partial charge in [-0.15, -0.1) is 0 Å². The van der Waals surface area contributed by atoms with E-state index in [2.05, 4.69) is 158 Å². The van der Waals surface area contributed by atoms with Crippen LogP contribution in [0.2, 0.25) is 0 Å². The van der Waals surface area contributed by atoms with E-state index in [0.717, 1.165) is 65.1 Å². The molecular weight excluding hydrogens is 679 g/mol. The molecule has 3 heteroatoms. The van der Waals surface area contributed by atoms with Crippen molar-refractivity contribution in [1.82, 2.24) is 15.0 Å². The van der Waals surface area contributed by atoms with E-state index in [-0.39, 0.29) is 5.92 Å². The molecule has 272 valence electrons. The third-order valence-corrected chi connectivity index (χ3v) is 12.4. The van der Waals surface area contributed by atoms with Crippen LogP contribution in [0.4, 0.5) is 0 Å². The Hall–Kier alpha value is -6.19. The van der Waals surface area contributed by atoms with E-state index in [9.17, 15) is 0 Å². The Kier molecular flexibility index (Phi) is 8.87. The van der Waals surface area contributed by atoms with Crippen LogP contribution in [-0.4, -0.2) is 15.0 Å². The molecule has 56 heavy (non-hydrogen) atoms. The van der Waals surface area contributed by atoms with E-state index in [4.69, 9.17) is 9.97 Å². The fourth-order valence-electron chi connectivity index (χ4n) is 9.72. The molecule has 0 saturated heterocycles. The van der Waals surface area contributed by atoms with E-state index >= 15 is 0 Å². The number of hydrogen-bond acceptors (Lipinski definition) is 3. The van der Waals surface area contributed by atoms with Gasteiger partial charge in [-0.25, -0.2) is 9.97 Å². The normalized spacial score (nSPS) is 17.9. The number of rotatable bonds is 6. The molecule has 0 N–H and O–H groups in total. The summed E-state index contributed by atoms with van der Waals surface area (Å²) in [5, 5.41) is 5.28. The maximum atomic E-state index is 5.48. The standard InChI is InChI=1S/C53H45N3/c1-34-13-8-24-45-49(34)52(50-35(2)14-9-25-46(50)51(45)37-16-4-3-5-17-37)42-21-11-22-43(31-42)53-55-47(40-20-10-19-39(30-40)44-23-12-28-54-33-44)32-48(56-53)41-27-26-36-15-6-7-18-38(36)29-41/h3-10,12-13,15-20,23-30,32-33,35,42-43H,11,14,21-22,31H2,1-2H3/t35-,42+,43?/m0/s1. The second-order valence-corrected chi connectivity index (χ2v) is 16.0. The Morgan fingerprint density at radius 3 is 2.16 bits per heavy atom. The lowest BCUT2D eigenvalue weighted by atomic mass is 9.69. The highest BCUT2D eigenvalue weighted by Gasteiger charge is 2.33. The molecule has 8 aromatic rings. The van der Waals surface area contributed by atoms with Gasteiger partial charge in [0, 0.05) is 35.0 Å². The highest BCUT2D eigenvalue weighted by molar-refractivity contribution is 6.05. The first-order valence-corrected chi connectivity index (χ1v) is 20.3. The van der Waals surface area contributed by atoms with Gasteiger partial charge in [0.05, 0.1) is 11.4 Å². The van der Waals surface area contributed by atoms with Gasteiger partial charge in [0.2, 0.25) is 0 Å². The van der Waals surface area contributed by atoms with Crippen molar-refractivity contribution in [2.45, 2.75) is 63.7 Å². The predicted octanol–water partition coefficient (Wildman–Crippen LogP) is 14.1. The quantitative estimate of drug-likeness (QED) is 0.171. The molecule has 1 unspecified atom stereocenters. The van der Waals surface area contributed by atoms with Crippen LogP contribution in [0, 0.1) is 6.92 Å². The van der Waals surface area contributed by atoms with Gasteiger partial charge >= 0.3 is 0 Å². The highest BCUT2D eigenvalue weighted by atomic mass is 14.9. The van der Waals surface area contributed by atoms with Crippen molar-refractivity contribution >= 4 is 27.6 Å². The SMILES string of the molecule is Cc1cccc2c(-c3ccccc3)c3c(c([C@@H]4CCCC(c5nc(-c6cccc(-c7cccnc7)c6)cc(-c6ccc7ccccc7c6)n5)C4)c12)[C@@H](C)CC=C3. The Morgan fingerprint density at radius 2 is 1.32 bits per heavy atom. The molecule has 0 amide bonds. The Morgan fingerprint density at radius 1 is 0.589 bits per heavy atom. The van der Waals surface area contributed by atoms with Crippen molar-refractivity contribution in [1.29, 1.82) is 0 Å². The fourth-order valence-corrected chi connectivity index (χ4v) is 9.72. The van der Waals surface area contributed by atoms with Gasteiger partial charge in [-0.3, -0.25) is 4.98 Å². The van der Waals surface area contributed by atoms with Gasteiger partial charge in [-0.05, 0) is 129 Å². The minimum atomic E-state index is 0.243. The van der Waals surface area contributed by atoms with E-state index in [1.54, 1.807) is 11.1 Å². The number of hydrogen-bond donors (Lipinski definition) is 0. The van der Waals surface area contributed by atoms with Crippen LogP contribution >= 0.6 is 0 Å².